The van der Waals surface area contributed by atoms with Gasteiger partial charge in [-0.25, -0.2) is 9.18 Å². The quantitative estimate of drug-likeness (QED) is 0.850. The van der Waals surface area contributed by atoms with E-state index in [4.69, 9.17) is 9.84 Å². The molecule has 108 valence electrons. The van der Waals surface area contributed by atoms with Gasteiger partial charge in [0.05, 0.1) is 0 Å². The molecule has 3 nitrogen and oxygen atoms in total. The largest absolute Gasteiger partial charge is 0.488 e. The molecular formula is C17H15FO3. The first-order valence-corrected chi connectivity index (χ1v) is 6.43. The number of carboxylic acid groups (broad SMARTS) is 1. The lowest BCUT2D eigenvalue weighted by Gasteiger charge is -2.10. The SMILES string of the molecule is Cc1ccc(OCc2cccc(F)c2)c(C=CC(=O)O)c1. The van der Waals surface area contributed by atoms with Crippen molar-refractivity contribution >= 4 is 12.0 Å². The van der Waals surface area contributed by atoms with Crippen molar-refractivity contribution in [1.82, 2.24) is 0 Å². The molecule has 0 amide bonds. The van der Waals surface area contributed by atoms with Crippen LogP contribution in [0.1, 0.15) is 16.7 Å². The molecule has 2 rings (SSSR count). The summed E-state index contributed by atoms with van der Waals surface area (Å²) in [4.78, 5) is 10.6. The van der Waals surface area contributed by atoms with Crippen molar-refractivity contribution in [3.63, 3.8) is 0 Å². The van der Waals surface area contributed by atoms with Crippen LogP contribution >= 0.6 is 0 Å². The third-order valence-electron chi connectivity index (χ3n) is 2.85. The van der Waals surface area contributed by atoms with Crippen LogP contribution in [0.5, 0.6) is 5.75 Å². The van der Waals surface area contributed by atoms with E-state index in [1.165, 1.54) is 18.2 Å². The average Bonchev–Trinajstić information content (AvgIpc) is 2.44. The monoisotopic (exact) mass is 286 g/mol. The van der Waals surface area contributed by atoms with Gasteiger partial charge < -0.3 is 9.84 Å². The van der Waals surface area contributed by atoms with Crippen LogP contribution in [0.2, 0.25) is 0 Å². The topological polar surface area (TPSA) is 46.5 Å². The van der Waals surface area contributed by atoms with Crippen molar-refractivity contribution in [2.24, 2.45) is 0 Å². The van der Waals surface area contributed by atoms with Crippen LogP contribution < -0.4 is 4.74 Å². The number of halogens is 1. The minimum absolute atomic E-state index is 0.217. The van der Waals surface area contributed by atoms with Crippen molar-refractivity contribution in [2.75, 3.05) is 0 Å². The summed E-state index contributed by atoms with van der Waals surface area (Å²) in [6.45, 7) is 2.13. The number of rotatable bonds is 5. The zero-order chi connectivity index (χ0) is 15.2. The fraction of sp³-hybridized carbons (Fsp3) is 0.118. The summed E-state index contributed by atoms with van der Waals surface area (Å²) in [7, 11) is 0. The number of benzene rings is 2. The second kappa shape index (κ2) is 6.70. The molecule has 0 heterocycles. The number of hydrogen-bond donors (Lipinski definition) is 1. The summed E-state index contributed by atoms with van der Waals surface area (Å²) < 4.78 is 18.8. The molecule has 0 aliphatic heterocycles. The van der Waals surface area contributed by atoms with E-state index in [0.29, 0.717) is 16.9 Å². The third-order valence-corrected chi connectivity index (χ3v) is 2.85. The van der Waals surface area contributed by atoms with Crippen LogP contribution in [0.4, 0.5) is 4.39 Å². The van der Waals surface area contributed by atoms with E-state index in [9.17, 15) is 9.18 Å². The van der Waals surface area contributed by atoms with E-state index >= 15 is 0 Å². The smallest absolute Gasteiger partial charge is 0.328 e. The molecule has 0 aromatic heterocycles. The fourth-order valence-corrected chi connectivity index (χ4v) is 1.88. The first-order valence-electron chi connectivity index (χ1n) is 6.43. The van der Waals surface area contributed by atoms with Crippen LogP contribution in [0, 0.1) is 12.7 Å². The maximum atomic E-state index is 13.1. The molecule has 4 heteroatoms. The van der Waals surface area contributed by atoms with E-state index in [-0.39, 0.29) is 12.4 Å². The molecule has 0 unspecified atom stereocenters. The minimum Gasteiger partial charge on any atom is -0.488 e. The van der Waals surface area contributed by atoms with Gasteiger partial charge in [0.15, 0.2) is 0 Å². The van der Waals surface area contributed by atoms with Crippen LogP contribution in [0.25, 0.3) is 6.08 Å². The molecule has 0 bridgehead atoms. The van der Waals surface area contributed by atoms with Gasteiger partial charge in [0.2, 0.25) is 0 Å². The third kappa shape index (κ3) is 4.45. The molecule has 0 aliphatic rings. The van der Waals surface area contributed by atoms with Gasteiger partial charge in [0, 0.05) is 11.6 Å². The molecule has 1 N–H and O–H groups in total. The Morgan fingerprint density at radius 2 is 2.10 bits per heavy atom. The molecule has 0 saturated heterocycles. The van der Waals surface area contributed by atoms with E-state index in [1.54, 1.807) is 18.2 Å². The predicted molar refractivity (Wildman–Crippen MR) is 78.6 cm³/mol. The highest BCUT2D eigenvalue weighted by molar-refractivity contribution is 5.85. The average molecular weight is 286 g/mol. The van der Waals surface area contributed by atoms with Gasteiger partial charge in [0.25, 0.3) is 0 Å². The maximum Gasteiger partial charge on any atom is 0.328 e. The molecule has 21 heavy (non-hydrogen) atoms. The number of carbonyl (C=O) groups is 1. The molecule has 0 aliphatic carbocycles. The normalized spacial score (nSPS) is 10.8. The van der Waals surface area contributed by atoms with Crippen LogP contribution in [-0.2, 0) is 11.4 Å². The lowest BCUT2D eigenvalue weighted by atomic mass is 10.1. The Morgan fingerprint density at radius 1 is 1.29 bits per heavy atom. The Hall–Kier alpha value is -2.62. The molecule has 0 spiro atoms. The van der Waals surface area contributed by atoms with Gasteiger partial charge in [-0.2, -0.15) is 0 Å². The van der Waals surface area contributed by atoms with Gasteiger partial charge in [-0.05, 0) is 42.8 Å². The highest BCUT2D eigenvalue weighted by atomic mass is 19.1. The van der Waals surface area contributed by atoms with Crippen LogP contribution in [0.15, 0.2) is 48.5 Å². The lowest BCUT2D eigenvalue weighted by molar-refractivity contribution is -0.131. The number of carboxylic acids is 1. The fourth-order valence-electron chi connectivity index (χ4n) is 1.88. The van der Waals surface area contributed by atoms with Gasteiger partial charge in [-0.3, -0.25) is 0 Å². The van der Waals surface area contributed by atoms with Gasteiger partial charge in [-0.1, -0.05) is 23.8 Å². The number of aliphatic carboxylic acids is 1. The number of aryl methyl sites for hydroxylation is 1. The standard InChI is InChI=1S/C17H15FO3/c1-12-5-7-16(14(9-12)6-8-17(19)20)21-11-13-3-2-4-15(18)10-13/h2-10H,11H2,1H3,(H,19,20). The van der Waals surface area contributed by atoms with Crippen molar-refractivity contribution in [1.29, 1.82) is 0 Å². The van der Waals surface area contributed by atoms with Crippen molar-refractivity contribution < 1.29 is 19.0 Å². The number of ether oxygens (including phenoxy) is 1. The summed E-state index contributed by atoms with van der Waals surface area (Å²) >= 11 is 0. The predicted octanol–water partition coefficient (Wildman–Crippen LogP) is 3.81. The van der Waals surface area contributed by atoms with Gasteiger partial charge in [0.1, 0.15) is 18.2 Å². The van der Waals surface area contributed by atoms with Gasteiger partial charge >= 0.3 is 5.97 Å². The first-order chi connectivity index (χ1) is 10.0. The Labute approximate surface area is 122 Å². The Bertz CT molecular complexity index is 677. The summed E-state index contributed by atoms with van der Waals surface area (Å²) in [6, 6.07) is 11.6. The molecule has 0 fully saturated rings. The lowest BCUT2D eigenvalue weighted by Crippen LogP contribution is -1.98. The van der Waals surface area contributed by atoms with Crippen molar-refractivity contribution in [3.8, 4) is 5.75 Å². The van der Waals surface area contributed by atoms with E-state index < -0.39 is 5.97 Å². The second-order valence-corrected chi connectivity index (χ2v) is 4.63. The van der Waals surface area contributed by atoms with Crippen LogP contribution in [0.3, 0.4) is 0 Å². The van der Waals surface area contributed by atoms with Crippen molar-refractivity contribution in [2.45, 2.75) is 13.5 Å². The zero-order valence-electron chi connectivity index (χ0n) is 11.5. The first kappa shape index (κ1) is 14.8. The summed E-state index contributed by atoms with van der Waals surface area (Å²) in [5.41, 5.74) is 2.38. The maximum absolute atomic E-state index is 13.1. The minimum atomic E-state index is -1.02. The summed E-state index contributed by atoms with van der Waals surface area (Å²) in [5.74, 6) is -0.777. The highest BCUT2D eigenvalue weighted by Crippen LogP contribution is 2.22. The summed E-state index contributed by atoms with van der Waals surface area (Å²) in [6.07, 6.45) is 2.54. The molecule has 0 saturated carbocycles. The van der Waals surface area contributed by atoms with Crippen LogP contribution in [-0.4, -0.2) is 11.1 Å². The Balaban J connectivity index is 2.17. The van der Waals surface area contributed by atoms with E-state index in [0.717, 1.165) is 11.6 Å². The molecule has 2 aromatic carbocycles. The Kier molecular flexibility index (Phi) is 4.72. The van der Waals surface area contributed by atoms with Crippen molar-refractivity contribution in [3.05, 3.63) is 71.0 Å². The van der Waals surface area contributed by atoms with E-state index in [2.05, 4.69) is 0 Å². The zero-order valence-corrected chi connectivity index (χ0v) is 11.5. The van der Waals surface area contributed by atoms with Gasteiger partial charge in [-0.15, -0.1) is 0 Å². The molecular weight excluding hydrogens is 271 g/mol. The molecule has 0 radical (unpaired) electrons. The highest BCUT2D eigenvalue weighted by Gasteiger charge is 2.03. The summed E-state index contributed by atoms with van der Waals surface area (Å²) in [5, 5.41) is 8.70. The van der Waals surface area contributed by atoms with E-state index in [1.807, 2.05) is 19.1 Å². The second-order valence-electron chi connectivity index (χ2n) is 4.63. The molecule has 2 aromatic rings. The molecule has 0 atom stereocenters. The Morgan fingerprint density at radius 3 is 2.81 bits per heavy atom. The number of hydrogen-bond acceptors (Lipinski definition) is 2.